The van der Waals surface area contributed by atoms with E-state index >= 15 is 0 Å². The third-order valence-electron chi connectivity index (χ3n) is 4.24. The summed E-state index contributed by atoms with van der Waals surface area (Å²) in [5.74, 6) is 0. The Hall–Kier alpha value is -1.37. The molecule has 2 atom stereocenters. The lowest BCUT2D eigenvalue weighted by Crippen LogP contribution is -2.00. The van der Waals surface area contributed by atoms with Crippen molar-refractivity contribution >= 4 is 7.37 Å². The highest BCUT2D eigenvalue weighted by molar-refractivity contribution is 7.60. The molecule has 1 fully saturated rings. The van der Waals surface area contributed by atoms with Gasteiger partial charge in [-0.05, 0) is 24.0 Å². The second-order valence-electron chi connectivity index (χ2n) is 5.26. The lowest BCUT2D eigenvalue weighted by Gasteiger charge is -2.24. The van der Waals surface area contributed by atoms with Crippen molar-refractivity contribution in [2.75, 3.05) is 7.11 Å². The molecule has 2 aromatic carbocycles. The summed E-state index contributed by atoms with van der Waals surface area (Å²) in [5.41, 5.74) is 2.32. The molecule has 2 nitrogen and oxygen atoms in total. The Morgan fingerprint density at radius 3 is 1.60 bits per heavy atom. The molecule has 0 saturated carbocycles. The number of benzene rings is 2. The van der Waals surface area contributed by atoms with E-state index in [1.54, 1.807) is 7.11 Å². The summed E-state index contributed by atoms with van der Waals surface area (Å²) in [6, 6.07) is 20.2. The van der Waals surface area contributed by atoms with Crippen molar-refractivity contribution in [2.45, 2.75) is 24.2 Å². The van der Waals surface area contributed by atoms with Gasteiger partial charge in [0.15, 0.2) is 0 Å². The molecule has 2 unspecified atom stereocenters. The largest absolute Gasteiger partial charge is 0.331 e. The molecular weight excluding hydrogens is 267 g/mol. The van der Waals surface area contributed by atoms with Gasteiger partial charge in [-0.1, -0.05) is 60.7 Å². The van der Waals surface area contributed by atoms with Crippen molar-refractivity contribution in [3.05, 3.63) is 71.8 Å². The van der Waals surface area contributed by atoms with E-state index in [0.29, 0.717) is 0 Å². The third-order valence-corrected chi connectivity index (χ3v) is 7.66. The van der Waals surface area contributed by atoms with Crippen molar-refractivity contribution in [1.82, 2.24) is 0 Å². The van der Waals surface area contributed by atoms with Gasteiger partial charge in [-0.25, -0.2) is 0 Å². The molecule has 0 bridgehead atoms. The number of hydrogen-bond acceptors (Lipinski definition) is 2. The van der Waals surface area contributed by atoms with Crippen molar-refractivity contribution in [1.29, 1.82) is 0 Å². The Morgan fingerprint density at radius 2 is 1.25 bits per heavy atom. The highest BCUT2D eigenvalue weighted by Crippen LogP contribution is 2.76. The van der Waals surface area contributed by atoms with Gasteiger partial charge in [0, 0.05) is 7.11 Å². The Bertz CT molecular complexity index is 558. The number of rotatable bonds is 3. The predicted octanol–water partition coefficient (Wildman–Crippen LogP) is 5.19. The Labute approximate surface area is 120 Å². The van der Waals surface area contributed by atoms with Crippen LogP contribution in [0.3, 0.4) is 0 Å². The molecule has 0 radical (unpaired) electrons. The van der Waals surface area contributed by atoms with Crippen LogP contribution in [0.15, 0.2) is 60.7 Å². The third kappa shape index (κ3) is 2.24. The zero-order chi connectivity index (χ0) is 14.0. The summed E-state index contributed by atoms with van der Waals surface area (Å²) in [4.78, 5) is 0. The molecule has 1 aliphatic heterocycles. The first-order valence-electron chi connectivity index (χ1n) is 7.01. The standard InChI is InChI=1S/C17H19O2P/c1-19-20(18)16(14-8-4-2-5-9-14)12-13-17(20)15-10-6-3-7-11-15/h2-11,16-17H,12-13H2,1H3. The molecule has 0 aliphatic carbocycles. The minimum Gasteiger partial charge on any atom is -0.331 e. The monoisotopic (exact) mass is 286 g/mol. The van der Waals surface area contributed by atoms with Crippen LogP contribution in [-0.2, 0) is 9.09 Å². The van der Waals surface area contributed by atoms with E-state index in [-0.39, 0.29) is 11.3 Å². The second-order valence-corrected chi connectivity index (χ2v) is 8.16. The molecule has 104 valence electrons. The first-order chi connectivity index (χ1) is 9.75. The molecule has 0 amide bonds. The van der Waals surface area contributed by atoms with Gasteiger partial charge in [-0.15, -0.1) is 0 Å². The fourth-order valence-electron chi connectivity index (χ4n) is 3.25. The summed E-state index contributed by atoms with van der Waals surface area (Å²) in [7, 11) is -1.12. The van der Waals surface area contributed by atoms with Gasteiger partial charge in [0.2, 0.25) is 7.37 Å². The van der Waals surface area contributed by atoms with Crippen LogP contribution in [0.2, 0.25) is 0 Å². The summed E-state index contributed by atoms with van der Waals surface area (Å²) in [5, 5.41) is 0. The van der Waals surface area contributed by atoms with E-state index in [1.165, 1.54) is 0 Å². The zero-order valence-electron chi connectivity index (χ0n) is 11.6. The Morgan fingerprint density at radius 1 is 0.850 bits per heavy atom. The van der Waals surface area contributed by atoms with Crippen LogP contribution in [0.5, 0.6) is 0 Å². The summed E-state index contributed by atoms with van der Waals surface area (Å²) >= 11 is 0. The first kappa shape index (κ1) is 13.6. The predicted molar refractivity (Wildman–Crippen MR) is 82.2 cm³/mol. The van der Waals surface area contributed by atoms with E-state index in [2.05, 4.69) is 24.3 Å². The minimum atomic E-state index is -2.72. The van der Waals surface area contributed by atoms with Crippen LogP contribution >= 0.6 is 7.37 Å². The molecule has 0 aromatic heterocycles. The van der Waals surface area contributed by atoms with Gasteiger partial charge in [0.1, 0.15) is 0 Å². The molecule has 0 spiro atoms. The van der Waals surface area contributed by atoms with Crippen molar-refractivity contribution in [2.24, 2.45) is 0 Å². The van der Waals surface area contributed by atoms with Gasteiger partial charge in [-0.3, -0.25) is 4.57 Å². The fourth-order valence-corrected chi connectivity index (χ4v) is 6.38. The maximum atomic E-state index is 13.4. The molecular formula is C17H19O2P. The van der Waals surface area contributed by atoms with Crippen LogP contribution in [-0.4, -0.2) is 7.11 Å². The molecule has 3 rings (SSSR count). The molecule has 1 aliphatic rings. The highest BCUT2D eigenvalue weighted by Gasteiger charge is 2.47. The number of hydrogen-bond donors (Lipinski definition) is 0. The highest BCUT2D eigenvalue weighted by atomic mass is 31.2. The molecule has 1 saturated heterocycles. The topological polar surface area (TPSA) is 26.3 Å². The van der Waals surface area contributed by atoms with Gasteiger partial charge in [0.25, 0.3) is 0 Å². The smallest absolute Gasteiger partial charge is 0.217 e. The first-order valence-corrected chi connectivity index (χ1v) is 8.77. The van der Waals surface area contributed by atoms with E-state index in [1.807, 2.05) is 36.4 Å². The Balaban J connectivity index is 1.99. The quantitative estimate of drug-likeness (QED) is 0.726. The Kier molecular flexibility index (Phi) is 3.78. The van der Waals surface area contributed by atoms with E-state index in [4.69, 9.17) is 4.52 Å². The summed E-state index contributed by atoms with van der Waals surface area (Å²) in [6.07, 6.45) is 1.85. The van der Waals surface area contributed by atoms with Gasteiger partial charge >= 0.3 is 0 Å². The lowest BCUT2D eigenvalue weighted by atomic mass is 10.0. The average molecular weight is 286 g/mol. The van der Waals surface area contributed by atoms with Crippen LogP contribution in [0, 0.1) is 0 Å². The van der Waals surface area contributed by atoms with Crippen molar-refractivity contribution in [3.63, 3.8) is 0 Å². The van der Waals surface area contributed by atoms with E-state index < -0.39 is 7.37 Å². The maximum absolute atomic E-state index is 13.4. The normalized spacial score (nSPS) is 29.4. The van der Waals surface area contributed by atoms with Crippen LogP contribution in [0.4, 0.5) is 0 Å². The molecule has 1 heterocycles. The molecule has 3 heteroatoms. The maximum Gasteiger partial charge on any atom is 0.217 e. The van der Waals surface area contributed by atoms with E-state index in [9.17, 15) is 4.57 Å². The van der Waals surface area contributed by atoms with Crippen molar-refractivity contribution < 1.29 is 9.09 Å². The summed E-state index contributed by atoms with van der Waals surface area (Å²) < 4.78 is 19.0. The fraction of sp³-hybridized carbons (Fsp3) is 0.294. The average Bonchev–Trinajstić information content (AvgIpc) is 2.87. The van der Waals surface area contributed by atoms with Crippen molar-refractivity contribution in [3.8, 4) is 0 Å². The SMILES string of the molecule is COP1(=O)C(c2ccccc2)CCC1c1ccccc1. The van der Waals surface area contributed by atoms with Crippen LogP contribution in [0.1, 0.15) is 35.3 Å². The minimum absolute atomic E-state index is 0.0268. The molecule has 0 N–H and O–H groups in total. The second kappa shape index (κ2) is 5.55. The van der Waals surface area contributed by atoms with Gasteiger partial charge in [-0.2, -0.15) is 0 Å². The summed E-state index contributed by atoms with van der Waals surface area (Å²) in [6.45, 7) is 0. The zero-order valence-corrected chi connectivity index (χ0v) is 12.5. The molecule has 2 aromatic rings. The van der Waals surface area contributed by atoms with Crippen LogP contribution < -0.4 is 0 Å². The van der Waals surface area contributed by atoms with E-state index in [0.717, 1.165) is 24.0 Å². The van der Waals surface area contributed by atoms with Gasteiger partial charge in [0.05, 0.1) is 11.3 Å². The van der Waals surface area contributed by atoms with Crippen LogP contribution in [0.25, 0.3) is 0 Å². The lowest BCUT2D eigenvalue weighted by molar-refractivity contribution is 0.383. The molecule has 20 heavy (non-hydrogen) atoms. The van der Waals surface area contributed by atoms with Gasteiger partial charge < -0.3 is 4.52 Å².